The van der Waals surface area contributed by atoms with Crippen molar-refractivity contribution in [2.24, 2.45) is 11.8 Å². The topological polar surface area (TPSA) is 62.1 Å². The summed E-state index contributed by atoms with van der Waals surface area (Å²) in [6, 6.07) is 1.70. The first-order valence-electron chi connectivity index (χ1n) is 5.38. The fraction of sp³-hybridized carbons (Fsp3) is 0.818. The summed E-state index contributed by atoms with van der Waals surface area (Å²) in [7, 11) is 0. The van der Waals surface area contributed by atoms with Gasteiger partial charge in [-0.2, -0.15) is 5.26 Å². The molecule has 1 heterocycles. The Kier molecular flexibility index (Phi) is 4.10. The summed E-state index contributed by atoms with van der Waals surface area (Å²) in [6.07, 6.45) is 0.722. The molecule has 1 rings (SSSR count). The van der Waals surface area contributed by atoms with Crippen LogP contribution in [-0.2, 0) is 9.53 Å². The summed E-state index contributed by atoms with van der Waals surface area (Å²) in [5.74, 6) is -0.0172. The molecule has 0 bridgehead atoms. The number of hydrogen-bond acceptors (Lipinski definition) is 3. The van der Waals surface area contributed by atoms with Crippen LogP contribution in [0.15, 0.2) is 0 Å². The molecule has 0 aromatic heterocycles. The summed E-state index contributed by atoms with van der Waals surface area (Å²) in [4.78, 5) is 11.8. The van der Waals surface area contributed by atoms with Crippen molar-refractivity contribution < 1.29 is 9.53 Å². The van der Waals surface area contributed by atoms with Gasteiger partial charge in [-0.15, -0.1) is 0 Å². The third-order valence-electron chi connectivity index (χ3n) is 2.82. The van der Waals surface area contributed by atoms with Crippen LogP contribution in [-0.4, -0.2) is 24.7 Å². The fourth-order valence-corrected chi connectivity index (χ4v) is 1.68. The molecule has 1 aliphatic heterocycles. The predicted octanol–water partition coefficient (Wildman–Crippen LogP) is 1.08. The molecule has 1 fully saturated rings. The lowest BCUT2D eigenvalue weighted by atomic mass is 9.99. The molecule has 15 heavy (non-hydrogen) atoms. The zero-order valence-corrected chi connectivity index (χ0v) is 9.49. The summed E-state index contributed by atoms with van der Waals surface area (Å²) in [5, 5.41) is 11.6. The quantitative estimate of drug-likeness (QED) is 0.758. The van der Waals surface area contributed by atoms with Crippen LogP contribution in [0.1, 0.15) is 27.2 Å². The van der Waals surface area contributed by atoms with E-state index in [0.29, 0.717) is 6.61 Å². The van der Waals surface area contributed by atoms with Gasteiger partial charge in [0.25, 0.3) is 0 Å². The fourth-order valence-electron chi connectivity index (χ4n) is 1.68. The molecule has 4 nitrogen and oxygen atoms in total. The van der Waals surface area contributed by atoms with Gasteiger partial charge in [0, 0.05) is 6.61 Å². The van der Waals surface area contributed by atoms with Crippen LogP contribution in [0, 0.1) is 23.2 Å². The lowest BCUT2D eigenvalue weighted by Gasteiger charge is -2.19. The van der Waals surface area contributed by atoms with E-state index in [4.69, 9.17) is 10.00 Å². The number of nitriles is 1. The first-order valence-corrected chi connectivity index (χ1v) is 5.38. The van der Waals surface area contributed by atoms with E-state index < -0.39 is 6.04 Å². The molecule has 1 saturated heterocycles. The van der Waals surface area contributed by atoms with Gasteiger partial charge in [0.2, 0.25) is 5.91 Å². The van der Waals surface area contributed by atoms with E-state index in [-0.39, 0.29) is 23.8 Å². The average molecular weight is 210 g/mol. The molecule has 0 radical (unpaired) electrons. The van der Waals surface area contributed by atoms with Crippen LogP contribution in [0.3, 0.4) is 0 Å². The number of hydrogen-bond donors (Lipinski definition) is 1. The highest BCUT2D eigenvalue weighted by Gasteiger charge is 2.32. The zero-order valence-electron chi connectivity index (χ0n) is 9.49. The maximum Gasteiger partial charge on any atom is 0.226 e. The Labute approximate surface area is 90.6 Å². The molecule has 84 valence electrons. The predicted molar refractivity (Wildman–Crippen MR) is 55.9 cm³/mol. The van der Waals surface area contributed by atoms with E-state index in [1.54, 1.807) is 0 Å². The number of carbonyl (C=O) groups excluding carboxylic acids is 1. The second kappa shape index (κ2) is 5.13. The molecule has 0 aliphatic carbocycles. The smallest absolute Gasteiger partial charge is 0.226 e. The molecule has 3 atom stereocenters. The van der Waals surface area contributed by atoms with Crippen molar-refractivity contribution >= 4 is 5.91 Å². The monoisotopic (exact) mass is 210 g/mol. The number of nitrogens with one attached hydrogen (secondary N) is 1. The van der Waals surface area contributed by atoms with E-state index in [1.807, 2.05) is 20.8 Å². The minimum Gasteiger partial charge on any atom is -0.378 e. The Balaban J connectivity index is 2.51. The molecule has 0 aromatic rings. The van der Waals surface area contributed by atoms with E-state index >= 15 is 0 Å². The number of rotatable bonds is 3. The minimum atomic E-state index is -0.398. The number of amides is 1. The van der Waals surface area contributed by atoms with Gasteiger partial charge in [-0.3, -0.25) is 4.79 Å². The second-order valence-corrected chi connectivity index (χ2v) is 4.33. The number of nitrogens with zero attached hydrogens (tertiary/aromatic N) is 1. The Hall–Kier alpha value is -1.08. The Morgan fingerprint density at radius 3 is 2.67 bits per heavy atom. The van der Waals surface area contributed by atoms with Gasteiger partial charge in [-0.25, -0.2) is 0 Å². The van der Waals surface area contributed by atoms with Gasteiger partial charge in [-0.05, 0) is 19.3 Å². The van der Waals surface area contributed by atoms with E-state index in [1.165, 1.54) is 0 Å². The van der Waals surface area contributed by atoms with Crippen molar-refractivity contribution in [1.82, 2.24) is 5.32 Å². The molecule has 1 amide bonds. The molecule has 0 aromatic carbocycles. The molecule has 4 heteroatoms. The van der Waals surface area contributed by atoms with Crippen LogP contribution in [0.4, 0.5) is 0 Å². The van der Waals surface area contributed by atoms with Crippen molar-refractivity contribution in [2.45, 2.75) is 39.3 Å². The van der Waals surface area contributed by atoms with Crippen molar-refractivity contribution in [3.8, 4) is 6.07 Å². The van der Waals surface area contributed by atoms with Crippen molar-refractivity contribution in [3.63, 3.8) is 0 Å². The van der Waals surface area contributed by atoms with Crippen molar-refractivity contribution in [1.29, 1.82) is 5.26 Å². The standard InChI is InChI=1S/C11H18N2O2/c1-7(2)10(6-12)13-11(14)9-4-5-15-8(9)3/h7-10H,4-5H2,1-3H3,(H,13,14). The van der Waals surface area contributed by atoms with Crippen molar-refractivity contribution in [3.05, 3.63) is 0 Å². The highest BCUT2D eigenvalue weighted by molar-refractivity contribution is 5.80. The maximum absolute atomic E-state index is 11.8. The third kappa shape index (κ3) is 2.93. The third-order valence-corrected chi connectivity index (χ3v) is 2.82. The highest BCUT2D eigenvalue weighted by Crippen LogP contribution is 2.20. The average Bonchev–Trinajstić information content (AvgIpc) is 2.60. The van der Waals surface area contributed by atoms with Gasteiger partial charge in [-0.1, -0.05) is 13.8 Å². The van der Waals surface area contributed by atoms with Gasteiger partial charge in [0.15, 0.2) is 0 Å². The SMILES string of the molecule is CC(C)C(C#N)NC(=O)C1CCOC1C. The molecule has 3 unspecified atom stereocenters. The summed E-state index contributed by atoms with van der Waals surface area (Å²) in [5.41, 5.74) is 0. The van der Waals surface area contributed by atoms with Crippen molar-refractivity contribution in [2.75, 3.05) is 6.61 Å². The first-order chi connectivity index (χ1) is 7.06. The Morgan fingerprint density at radius 1 is 1.60 bits per heavy atom. The van der Waals surface area contributed by atoms with Crippen LogP contribution in [0.2, 0.25) is 0 Å². The minimum absolute atomic E-state index is 0.0310. The lowest BCUT2D eigenvalue weighted by molar-refractivity contribution is -0.127. The van der Waals surface area contributed by atoms with Crippen LogP contribution < -0.4 is 5.32 Å². The molecule has 1 N–H and O–H groups in total. The zero-order chi connectivity index (χ0) is 11.4. The van der Waals surface area contributed by atoms with E-state index in [2.05, 4.69) is 11.4 Å². The Morgan fingerprint density at radius 2 is 2.27 bits per heavy atom. The summed E-state index contributed by atoms with van der Waals surface area (Å²) >= 11 is 0. The second-order valence-electron chi connectivity index (χ2n) is 4.33. The van der Waals surface area contributed by atoms with E-state index in [0.717, 1.165) is 6.42 Å². The molecule has 0 spiro atoms. The highest BCUT2D eigenvalue weighted by atomic mass is 16.5. The van der Waals surface area contributed by atoms with Gasteiger partial charge < -0.3 is 10.1 Å². The maximum atomic E-state index is 11.8. The van der Waals surface area contributed by atoms with Gasteiger partial charge in [0.1, 0.15) is 6.04 Å². The van der Waals surface area contributed by atoms with Gasteiger partial charge in [0.05, 0.1) is 18.1 Å². The molecule has 1 aliphatic rings. The molecular weight excluding hydrogens is 192 g/mol. The first kappa shape index (κ1) is 12.0. The summed E-state index contributed by atoms with van der Waals surface area (Å²) in [6.45, 7) is 6.37. The molecule has 0 saturated carbocycles. The van der Waals surface area contributed by atoms with Crippen LogP contribution in [0.5, 0.6) is 0 Å². The normalized spacial score (nSPS) is 27.4. The number of ether oxygens (including phenoxy) is 1. The number of carbonyl (C=O) groups is 1. The largest absolute Gasteiger partial charge is 0.378 e. The van der Waals surface area contributed by atoms with Crippen LogP contribution >= 0.6 is 0 Å². The lowest BCUT2D eigenvalue weighted by Crippen LogP contribution is -2.42. The van der Waals surface area contributed by atoms with Crippen LogP contribution in [0.25, 0.3) is 0 Å². The summed E-state index contributed by atoms with van der Waals surface area (Å²) < 4.78 is 5.32. The van der Waals surface area contributed by atoms with Gasteiger partial charge >= 0.3 is 0 Å². The molecular formula is C11H18N2O2. The van der Waals surface area contributed by atoms with E-state index in [9.17, 15) is 4.79 Å². The Bertz CT molecular complexity index is 270.